The second kappa shape index (κ2) is 23.1. The maximum absolute atomic E-state index is 8.95. The van der Waals surface area contributed by atoms with Crippen LogP contribution in [-0.4, -0.2) is 53.5 Å². The predicted octanol–water partition coefficient (Wildman–Crippen LogP) is 17.0. The Hall–Kier alpha value is 2.02. The monoisotopic (exact) mass is 880 g/mol. The van der Waals surface area contributed by atoms with Crippen molar-refractivity contribution < 1.29 is 5.48 Å². The lowest BCUT2D eigenvalue weighted by Gasteiger charge is -2.36. The molecule has 1 saturated carbocycles. The third kappa shape index (κ3) is 12.5. The van der Waals surface area contributed by atoms with E-state index in [1.165, 1.54) is 44.9 Å². The molecule has 0 aromatic carbocycles. The second-order valence-corrected chi connectivity index (χ2v) is 27.3. The number of thioether (sulfide) groups is 8. The Labute approximate surface area is 368 Å². The highest BCUT2D eigenvalue weighted by molar-refractivity contribution is 8.11. The van der Waals surface area contributed by atoms with Gasteiger partial charge >= 0.3 is 0 Å². The summed E-state index contributed by atoms with van der Waals surface area (Å²) in [6, 6.07) is 0. The Morgan fingerprint density at radius 2 is 1.19 bits per heavy atom. The Morgan fingerprint density at radius 3 is 1.79 bits per heavy atom. The van der Waals surface area contributed by atoms with Gasteiger partial charge in [-0.25, -0.2) is 0 Å². The maximum atomic E-state index is 8.95. The lowest BCUT2D eigenvalue weighted by Crippen LogP contribution is -2.33. The molecule has 14 atom stereocenters. The third-order valence-electron chi connectivity index (χ3n) is 12.3. The van der Waals surface area contributed by atoms with Gasteiger partial charge in [0.05, 0.1) is 0 Å². The zero-order valence-electron chi connectivity index (χ0n) is 38.4. The molecule has 0 nitrogen and oxygen atoms in total. The largest absolute Gasteiger partial charge is 0.153 e. The minimum atomic E-state index is -0.0455. The van der Waals surface area contributed by atoms with Crippen LogP contribution >= 0.6 is 94.1 Å². The first-order valence-corrected chi connectivity index (χ1v) is 28.6. The van der Waals surface area contributed by atoms with E-state index in [1.54, 1.807) is 29.4 Å². The van der Waals surface area contributed by atoms with Gasteiger partial charge in [0.2, 0.25) is 0 Å². The van der Waals surface area contributed by atoms with Gasteiger partial charge < -0.3 is 0 Å². The second-order valence-electron chi connectivity index (χ2n) is 16.0. The summed E-state index contributed by atoms with van der Waals surface area (Å²) in [6.07, 6.45) is 14.9. The Kier molecular flexibility index (Phi) is 17.6. The molecule has 5 rings (SSSR count). The van der Waals surface area contributed by atoms with Gasteiger partial charge in [-0.15, -0.1) is 70.6 Å². The lowest BCUT2D eigenvalue weighted by molar-refractivity contribution is 0.533. The van der Waals surface area contributed by atoms with Gasteiger partial charge in [0, 0.05) is 47.5 Å². The van der Waals surface area contributed by atoms with Crippen LogP contribution in [0.15, 0.2) is 29.4 Å². The van der Waals surface area contributed by atoms with Gasteiger partial charge in [-0.3, -0.25) is 0 Å². The molecular weight excluding hydrogens is 797 g/mol. The molecule has 0 spiro atoms. The molecule has 14 unspecified atom stereocenters. The van der Waals surface area contributed by atoms with E-state index in [1.807, 2.05) is 11.8 Å². The first kappa shape index (κ1) is 40.4. The summed E-state index contributed by atoms with van der Waals surface area (Å²) in [5.74, 6) is 4.46. The molecule has 0 amide bonds. The molecule has 304 valence electrons. The van der Waals surface area contributed by atoms with E-state index in [-0.39, 0.29) is 12.8 Å². The molecule has 0 N–H and O–H groups in total. The van der Waals surface area contributed by atoms with Crippen LogP contribution in [0.2, 0.25) is 0 Å². The third-order valence-corrected chi connectivity index (χ3v) is 25.2. The normalized spacial score (nSPS) is 37.7. The molecule has 53 heavy (non-hydrogen) atoms. The van der Waals surface area contributed by atoms with E-state index in [2.05, 4.69) is 138 Å². The van der Waals surface area contributed by atoms with Gasteiger partial charge in [0.25, 0.3) is 0 Å². The highest BCUT2D eigenvalue weighted by Crippen LogP contribution is 2.57. The van der Waals surface area contributed by atoms with Crippen molar-refractivity contribution in [3.05, 3.63) is 29.4 Å². The van der Waals surface area contributed by atoms with E-state index < -0.39 is 0 Å². The first-order chi connectivity index (χ1) is 27.4. The van der Waals surface area contributed by atoms with Crippen LogP contribution in [0.25, 0.3) is 0 Å². The molecule has 1 aliphatic heterocycles. The van der Waals surface area contributed by atoms with Crippen LogP contribution in [0.1, 0.15) is 171 Å². The van der Waals surface area contributed by atoms with Gasteiger partial charge in [0.15, 0.2) is 0 Å². The number of hydrogen-bond acceptors (Lipinski definition) is 8. The summed E-state index contributed by atoms with van der Waals surface area (Å²) in [7, 11) is 0. The summed E-state index contributed by atoms with van der Waals surface area (Å²) in [4.78, 5) is 9.71. The quantitative estimate of drug-likeness (QED) is 0.140. The van der Waals surface area contributed by atoms with Crippen molar-refractivity contribution in [3.63, 3.8) is 0 Å². The molecule has 0 aromatic heterocycles. The van der Waals surface area contributed by atoms with E-state index in [9.17, 15) is 0 Å². The van der Waals surface area contributed by atoms with Crippen molar-refractivity contribution in [2.45, 2.75) is 207 Å². The van der Waals surface area contributed by atoms with Gasteiger partial charge in [-0.1, -0.05) is 94.8 Å². The van der Waals surface area contributed by atoms with Crippen LogP contribution in [-0.2, 0) is 0 Å². The van der Waals surface area contributed by atoms with Crippen LogP contribution in [0, 0.1) is 23.7 Å². The van der Waals surface area contributed by atoms with Crippen LogP contribution in [0.5, 0.6) is 0 Å². The van der Waals surface area contributed by atoms with Crippen molar-refractivity contribution >= 4 is 94.1 Å². The Morgan fingerprint density at radius 1 is 0.642 bits per heavy atom. The first-order valence-electron chi connectivity index (χ1n) is 23.8. The minimum Gasteiger partial charge on any atom is -0.153 e. The molecule has 0 saturated heterocycles. The number of allylic oxidation sites excluding steroid dienone is 6. The minimum absolute atomic E-state index is 0.00216. The Balaban J connectivity index is 1.49. The van der Waals surface area contributed by atoms with Crippen LogP contribution < -0.4 is 0 Å². The molecule has 1 heterocycles. The maximum Gasteiger partial charge on any atom is 0.0330 e. The van der Waals surface area contributed by atoms with E-state index in [0.29, 0.717) is 79.5 Å². The summed E-state index contributed by atoms with van der Waals surface area (Å²) in [5.41, 5.74) is 0. The zero-order chi connectivity index (χ0) is 41.2. The summed E-state index contributed by atoms with van der Waals surface area (Å²) >= 11 is 17.7. The zero-order valence-corrected chi connectivity index (χ0v) is 40.9. The van der Waals surface area contributed by atoms with E-state index in [4.69, 9.17) is 5.48 Å². The SMILES string of the molecule is [3H]CCC1CC(SCC)=C(SC(CC)C2SC3=C(CC(C([3H])C)C3)SC(CC(CC)SC3=C(SCC)CC(C([3H])C)C3)C(C)SC3CC(CC[3H])CC3SC2C)C1. The molecule has 0 bridgehead atoms. The fraction of sp³-hybridized carbons (Fsp3) is 0.867. The fourth-order valence-electron chi connectivity index (χ4n) is 8.91. The van der Waals surface area contributed by atoms with Crippen molar-refractivity contribution in [3.8, 4) is 0 Å². The average molecular weight is 882 g/mol. The molecular formula is C45H76S8. The molecule has 0 radical (unpaired) electrons. The van der Waals surface area contributed by atoms with Gasteiger partial charge in [0.1, 0.15) is 0 Å². The highest BCUT2D eigenvalue weighted by atomic mass is 32.2. The van der Waals surface area contributed by atoms with E-state index >= 15 is 0 Å². The summed E-state index contributed by atoms with van der Waals surface area (Å²) < 4.78 is 33.7. The lowest BCUT2D eigenvalue weighted by atomic mass is 10.1. The number of fused-ring (bicyclic) bond motifs is 1. The Bertz CT molecular complexity index is 1350. The van der Waals surface area contributed by atoms with Gasteiger partial charge in [-0.2, -0.15) is 23.5 Å². The number of hydrogen-bond donors (Lipinski definition) is 0. The molecule has 0 aromatic rings. The molecule has 5 aliphatic rings. The van der Waals surface area contributed by atoms with Crippen molar-refractivity contribution in [1.82, 2.24) is 0 Å². The smallest absolute Gasteiger partial charge is 0.0330 e. The van der Waals surface area contributed by atoms with Crippen molar-refractivity contribution in [1.29, 1.82) is 0 Å². The van der Waals surface area contributed by atoms with Gasteiger partial charge in [-0.05, 0) is 135 Å². The highest BCUT2D eigenvalue weighted by Gasteiger charge is 2.42. The average Bonchev–Trinajstić information content (AvgIpc) is 3.95. The summed E-state index contributed by atoms with van der Waals surface area (Å²) in [6.45, 7) is 19.9. The van der Waals surface area contributed by atoms with Crippen molar-refractivity contribution in [2.24, 2.45) is 23.7 Å². The molecule has 1 fully saturated rings. The van der Waals surface area contributed by atoms with Crippen LogP contribution in [0.4, 0.5) is 0 Å². The van der Waals surface area contributed by atoms with Crippen molar-refractivity contribution in [2.75, 3.05) is 11.5 Å². The number of rotatable bonds is 17. The topological polar surface area (TPSA) is 0 Å². The fourth-order valence-corrected chi connectivity index (χ4v) is 22.1. The van der Waals surface area contributed by atoms with Crippen LogP contribution in [0.3, 0.4) is 0 Å². The van der Waals surface area contributed by atoms with E-state index in [0.717, 1.165) is 50.0 Å². The standard InChI is InChI=1S/C45H76S8/c1-11-30-19-37(46-17-7)39(21-30)50-34(15-5)27-36-28(9)48-41-23-32(13-3)24-42(41)49-29(10)45(53-44-26-33(14-4)25-43(44)52-36)35(16-6)51-40-22-31(12-2)20-38(40)47-18-8/h28-36,41-42,45H,11-27H2,1-10H3/i2T,3T,11T,14T. The molecule has 8 heteroatoms. The molecule has 4 aliphatic carbocycles. The predicted molar refractivity (Wildman–Crippen MR) is 262 cm³/mol. The summed E-state index contributed by atoms with van der Waals surface area (Å²) in [5, 5.41) is 4.55.